The van der Waals surface area contributed by atoms with Gasteiger partial charge in [0.15, 0.2) is 0 Å². The number of pyridine rings is 1. The van der Waals surface area contributed by atoms with Crippen molar-refractivity contribution >= 4 is 16.7 Å². The highest BCUT2D eigenvalue weighted by Gasteiger charge is 2.25. The summed E-state index contributed by atoms with van der Waals surface area (Å²) < 4.78 is 0. The molecule has 1 saturated carbocycles. The lowest BCUT2D eigenvalue weighted by molar-refractivity contribution is 0.0714. The summed E-state index contributed by atoms with van der Waals surface area (Å²) in [7, 11) is 0. The number of H-pyrrole nitrogens is 1. The first-order valence-electron chi connectivity index (χ1n) is 7.26. The molecule has 1 fully saturated rings. The molecule has 1 aliphatic rings. The molecule has 2 unspecified atom stereocenters. The molecule has 2 aromatic rings. The van der Waals surface area contributed by atoms with Crippen LogP contribution in [-0.4, -0.2) is 28.1 Å². The number of aromatic amines is 1. The molecule has 0 radical (unpaired) electrons. The molecule has 110 valence electrons. The predicted molar refractivity (Wildman–Crippen MR) is 80.3 cm³/mol. The molecule has 0 saturated heterocycles. The van der Waals surface area contributed by atoms with Crippen LogP contribution in [-0.2, 0) is 0 Å². The van der Waals surface area contributed by atoms with Crippen molar-refractivity contribution in [2.24, 2.45) is 0 Å². The van der Waals surface area contributed by atoms with Crippen LogP contribution in [0.25, 0.3) is 10.8 Å². The maximum Gasteiger partial charge on any atom is 0.268 e. The molecule has 3 N–H and O–H groups in total. The number of rotatable bonds is 2. The average Bonchev–Trinajstić information content (AvgIpc) is 2.49. The van der Waals surface area contributed by atoms with Gasteiger partial charge in [-0.3, -0.25) is 9.59 Å². The van der Waals surface area contributed by atoms with Gasteiger partial charge in [-0.2, -0.15) is 0 Å². The third-order valence-electron chi connectivity index (χ3n) is 4.04. The number of aliphatic hydroxyl groups is 1. The minimum absolute atomic E-state index is 0.233. The van der Waals surface area contributed by atoms with Crippen LogP contribution in [0.1, 0.15) is 36.2 Å². The van der Waals surface area contributed by atoms with E-state index in [4.69, 9.17) is 0 Å². The fourth-order valence-electron chi connectivity index (χ4n) is 2.86. The SMILES string of the molecule is O=C(NC1CCCCC1O)c1cc2ccccc2c(=O)[nH]1. The van der Waals surface area contributed by atoms with Crippen molar-refractivity contribution in [3.05, 3.63) is 46.4 Å². The van der Waals surface area contributed by atoms with Crippen LogP contribution in [0.2, 0.25) is 0 Å². The smallest absolute Gasteiger partial charge is 0.268 e. The van der Waals surface area contributed by atoms with Crippen LogP contribution in [0.4, 0.5) is 0 Å². The predicted octanol–water partition coefficient (Wildman–Crippen LogP) is 1.56. The van der Waals surface area contributed by atoms with Gasteiger partial charge in [-0.05, 0) is 30.4 Å². The van der Waals surface area contributed by atoms with Gasteiger partial charge in [-0.25, -0.2) is 0 Å². The highest BCUT2D eigenvalue weighted by molar-refractivity contribution is 5.96. The summed E-state index contributed by atoms with van der Waals surface area (Å²) >= 11 is 0. The molecule has 5 heteroatoms. The first-order valence-corrected chi connectivity index (χ1v) is 7.26. The van der Waals surface area contributed by atoms with E-state index in [-0.39, 0.29) is 23.2 Å². The van der Waals surface area contributed by atoms with Gasteiger partial charge in [0.05, 0.1) is 12.1 Å². The van der Waals surface area contributed by atoms with E-state index in [1.807, 2.05) is 6.07 Å². The minimum Gasteiger partial charge on any atom is -0.391 e. The number of aliphatic hydroxyl groups excluding tert-OH is 1. The molecule has 1 aromatic heterocycles. The van der Waals surface area contributed by atoms with E-state index in [9.17, 15) is 14.7 Å². The Morgan fingerprint density at radius 3 is 2.81 bits per heavy atom. The lowest BCUT2D eigenvalue weighted by atomic mass is 9.92. The monoisotopic (exact) mass is 286 g/mol. The zero-order valence-corrected chi connectivity index (χ0v) is 11.6. The van der Waals surface area contributed by atoms with Gasteiger partial charge in [0.1, 0.15) is 5.69 Å². The Morgan fingerprint density at radius 2 is 2.00 bits per heavy atom. The van der Waals surface area contributed by atoms with Gasteiger partial charge in [-0.15, -0.1) is 0 Å². The second-order valence-corrected chi connectivity index (χ2v) is 5.53. The molecule has 1 heterocycles. The number of hydrogen-bond donors (Lipinski definition) is 3. The molecule has 0 bridgehead atoms. The van der Waals surface area contributed by atoms with Gasteiger partial charge < -0.3 is 15.4 Å². The van der Waals surface area contributed by atoms with Crippen LogP contribution in [0.5, 0.6) is 0 Å². The lowest BCUT2D eigenvalue weighted by Crippen LogP contribution is -2.45. The van der Waals surface area contributed by atoms with E-state index in [0.29, 0.717) is 11.8 Å². The van der Waals surface area contributed by atoms with Gasteiger partial charge in [0.2, 0.25) is 0 Å². The van der Waals surface area contributed by atoms with Gasteiger partial charge >= 0.3 is 0 Å². The van der Waals surface area contributed by atoms with Crippen LogP contribution >= 0.6 is 0 Å². The fourth-order valence-corrected chi connectivity index (χ4v) is 2.86. The second kappa shape index (κ2) is 5.69. The summed E-state index contributed by atoms with van der Waals surface area (Å²) in [6.45, 7) is 0. The largest absolute Gasteiger partial charge is 0.391 e. The van der Waals surface area contributed by atoms with E-state index < -0.39 is 6.10 Å². The Morgan fingerprint density at radius 1 is 1.24 bits per heavy atom. The van der Waals surface area contributed by atoms with Crippen molar-refractivity contribution in [2.75, 3.05) is 0 Å². The molecule has 1 aromatic carbocycles. The van der Waals surface area contributed by atoms with E-state index in [1.54, 1.807) is 24.3 Å². The summed E-state index contributed by atoms with van der Waals surface area (Å²) in [5.41, 5.74) is -0.0427. The second-order valence-electron chi connectivity index (χ2n) is 5.53. The van der Waals surface area contributed by atoms with Crippen molar-refractivity contribution < 1.29 is 9.90 Å². The molecule has 2 atom stereocenters. The van der Waals surface area contributed by atoms with Crippen molar-refractivity contribution in [2.45, 2.75) is 37.8 Å². The summed E-state index contributed by atoms with van der Waals surface area (Å²) in [5.74, 6) is -0.344. The third-order valence-corrected chi connectivity index (χ3v) is 4.04. The first-order chi connectivity index (χ1) is 10.1. The molecule has 0 aliphatic heterocycles. The highest BCUT2D eigenvalue weighted by Crippen LogP contribution is 2.19. The Hall–Kier alpha value is -2.14. The van der Waals surface area contributed by atoms with E-state index >= 15 is 0 Å². The number of amides is 1. The Labute approximate surface area is 122 Å². The number of benzene rings is 1. The lowest BCUT2D eigenvalue weighted by Gasteiger charge is -2.28. The molecular weight excluding hydrogens is 268 g/mol. The maximum absolute atomic E-state index is 12.3. The number of aromatic nitrogens is 1. The number of carbonyl (C=O) groups excluding carboxylic acids is 1. The topological polar surface area (TPSA) is 82.2 Å². The zero-order valence-electron chi connectivity index (χ0n) is 11.6. The van der Waals surface area contributed by atoms with Crippen LogP contribution in [0, 0.1) is 0 Å². The molecule has 5 nitrogen and oxygen atoms in total. The zero-order chi connectivity index (χ0) is 14.8. The highest BCUT2D eigenvalue weighted by atomic mass is 16.3. The van der Waals surface area contributed by atoms with Crippen molar-refractivity contribution in [3.8, 4) is 0 Å². The minimum atomic E-state index is -0.505. The summed E-state index contributed by atoms with van der Waals surface area (Å²) in [6.07, 6.45) is 2.95. The molecule has 1 amide bonds. The normalized spacial score (nSPS) is 22.1. The Kier molecular flexibility index (Phi) is 3.75. The van der Waals surface area contributed by atoms with Gasteiger partial charge in [0.25, 0.3) is 11.5 Å². The van der Waals surface area contributed by atoms with Crippen LogP contribution < -0.4 is 10.9 Å². The standard InChI is InChI=1S/C16H18N2O3/c19-14-8-4-3-7-12(14)17-16(21)13-9-10-5-1-2-6-11(10)15(20)18-13/h1-2,5-6,9,12,14,19H,3-4,7-8H2,(H,17,21)(H,18,20). The van der Waals surface area contributed by atoms with Crippen molar-refractivity contribution in [1.29, 1.82) is 0 Å². The molecule has 3 rings (SSSR count). The Bertz CT molecular complexity index is 723. The molecule has 21 heavy (non-hydrogen) atoms. The number of nitrogens with one attached hydrogen (secondary N) is 2. The summed E-state index contributed by atoms with van der Waals surface area (Å²) in [5, 5.41) is 14.0. The summed E-state index contributed by atoms with van der Waals surface area (Å²) in [4.78, 5) is 26.8. The van der Waals surface area contributed by atoms with E-state index in [2.05, 4.69) is 10.3 Å². The van der Waals surface area contributed by atoms with Crippen molar-refractivity contribution in [1.82, 2.24) is 10.3 Å². The number of fused-ring (bicyclic) bond motifs is 1. The fraction of sp³-hybridized carbons (Fsp3) is 0.375. The summed E-state index contributed by atoms with van der Waals surface area (Å²) in [6, 6.07) is 8.57. The molecule has 0 spiro atoms. The van der Waals surface area contributed by atoms with Gasteiger partial charge in [-0.1, -0.05) is 31.0 Å². The van der Waals surface area contributed by atoms with Crippen LogP contribution in [0.3, 0.4) is 0 Å². The van der Waals surface area contributed by atoms with Crippen molar-refractivity contribution in [3.63, 3.8) is 0 Å². The quantitative estimate of drug-likeness (QED) is 0.783. The number of hydrogen-bond acceptors (Lipinski definition) is 3. The Balaban J connectivity index is 1.86. The van der Waals surface area contributed by atoms with E-state index in [1.165, 1.54) is 0 Å². The molecular formula is C16H18N2O3. The first kappa shape index (κ1) is 13.8. The van der Waals surface area contributed by atoms with E-state index in [0.717, 1.165) is 24.6 Å². The third kappa shape index (κ3) is 2.83. The average molecular weight is 286 g/mol. The van der Waals surface area contributed by atoms with Gasteiger partial charge in [0, 0.05) is 5.39 Å². The molecule has 1 aliphatic carbocycles. The maximum atomic E-state index is 12.3. The van der Waals surface area contributed by atoms with Crippen LogP contribution in [0.15, 0.2) is 35.1 Å². The number of carbonyl (C=O) groups is 1.